The van der Waals surface area contributed by atoms with Crippen molar-refractivity contribution in [3.05, 3.63) is 45.2 Å². The van der Waals surface area contributed by atoms with Crippen molar-refractivity contribution in [3.63, 3.8) is 0 Å². The van der Waals surface area contributed by atoms with Crippen LogP contribution in [0.5, 0.6) is 0 Å². The summed E-state index contributed by atoms with van der Waals surface area (Å²) in [6.45, 7) is 2.27. The predicted octanol–water partition coefficient (Wildman–Crippen LogP) is 6.94. The zero-order chi connectivity index (χ0) is 15.4. The molecule has 1 aromatic heterocycles. The van der Waals surface area contributed by atoms with E-state index in [0.29, 0.717) is 5.92 Å². The Bertz CT molecular complexity index is 594. The monoisotopic (exact) mass is 408 g/mol. The van der Waals surface area contributed by atoms with E-state index in [4.69, 9.17) is 4.42 Å². The molecule has 1 saturated carbocycles. The second-order valence-electron chi connectivity index (χ2n) is 6.39. The summed E-state index contributed by atoms with van der Waals surface area (Å²) in [6.07, 6.45) is 10.4. The van der Waals surface area contributed by atoms with Crippen LogP contribution in [-0.2, 0) is 6.42 Å². The molecule has 2 aromatic rings. The summed E-state index contributed by atoms with van der Waals surface area (Å²) >= 11 is 2.51. The quantitative estimate of drug-likeness (QED) is 0.489. The molecule has 2 heteroatoms. The zero-order valence-electron chi connectivity index (χ0n) is 13.4. The Labute approximate surface area is 147 Å². The molecule has 1 nitrogen and oxygen atoms in total. The number of unbranched alkanes of at least 4 members (excludes halogenated alkanes) is 1. The Morgan fingerprint density at radius 2 is 1.82 bits per heavy atom. The number of halogens is 1. The molecule has 0 radical (unpaired) electrons. The molecular weight excluding hydrogens is 383 g/mol. The van der Waals surface area contributed by atoms with Crippen molar-refractivity contribution >= 4 is 22.6 Å². The summed E-state index contributed by atoms with van der Waals surface area (Å²) in [6, 6.07) is 10.6. The molecule has 0 bridgehead atoms. The van der Waals surface area contributed by atoms with Gasteiger partial charge in [-0.05, 0) is 48.3 Å². The highest BCUT2D eigenvalue weighted by atomic mass is 127. The maximum absolute atomic E-state index is 6.46. The van der Waals surface area contributed by atoms with Crippen LogP contribution in [0.2, 0.25) is 0 Å². The first kappa shape index (κ1) is 16.1. The molecule has 118 valence electrons. The van der Waals surface area contributed by atoms with Crippen molar-refractivity contribution < 1.29 is 4.42 Å². The molecule has 1 heterocycles. The normalized spacial score (nSPS) is 16.1. The summed E-state index contributed by atoms with van der Waals surface area (Å²) in [5.41, 5.74) is 2.71. The Balaban J connectivity index is 1.99. The molecule has 1 aliphatic carbocycles. The van der Waals surface area contributed by atoms with E-state index in [1.807, 2.05) is 0 Å². The summed E-state index contributed by atoms with van der Waals surface area (Å²) in [4.78, 5) is 0. The Morgan fingerprint density at radius 3 is 2.50 bits per heavy atom. The highest BCUT2D eigenvalue weighted by Gasteiger charge is 2.26. The fourth-order valence-corrected chi connectivity index (χ4v) is 4.47. The van der Waals surface area contributed by atoms with Crippen LogP contribution in [0.25, 0.3) is 11.3 Å². The molecule has 1 fully saturated rings. The van der Waals surface area contributed by atoms with Crippen LogP contribution in [0, 0.1) is 3.57 Å². The molecule has 0 spiro atoms. The lowest BCUT2D eigenvalue weighted by Crippen LogP contribution is -2.06. The summed E-state index contributed by atoms with van der Waals surface area (Å²) < 4.78 is 7.81. The summed E-state index contributed by atoms with van der Waals surface area (Å²) in [5, 5.41) is 0. The first-order chi connectivity index (χ1) is 10.8. The maximum Gasteiger partial charge on any atom is 0.147 e. The van der Waals surface area contributed by atoms with Crippen molar-refractivity contribution in [2.75, 3.05) is 0 Å². The van der Waals surface area contributed by atoms with Gasteiger partial charge >= 0.3 is 0 Å². The molecular formula is C20H25IO. The molecule has 1 aromatic carbocycles. The lowest BCUT2D eigenvalue weighted by atomic mass is 9.85. The van der Waals surface area contributed by atoms with Gasteiger partial charge in [-0.3, -0.25) is 0 Å². The Kier molecular flexibility index (Phi) is 5.61. The van der Waals surface area contributed by atoms with Gasteiger partial charge < -0.3 is 4.42 Å². The van der Waals surface area contributed by atoms with E-state index in [1.54, 1.807) is 0 Å². The first-order valence-electron chi connectivity index (χ1n) is 8.67. The highest BCUT2D eigenvalue weighted by molar-refractivity contribution is 14.1. The minimum Gasteiger partial charge on any atom is -0.459 e. The molecule has 0 N–H and O–H groups in total. The molecule has 3 rings (SSSR count). The van der Waals surface area contributed by atoms with Crippen molar-refractivity contribution in [1.82, 2.24) is 0 Å². The molecule has 0 saturated heterocycles. The highest BCUT2D eigenvalue weighted by Crippen LogP contribution is 2.41. The van der Waals surface area contributed by atoms with Gasteiger partial charge in [0, 0.05) is 17.0 Å². The van der Waals surface area contributed by atoms with Crippen LogP contribution in [0.4, 0.5) is 0 Å². The third kappa shape index (κ3) is 3.42. The van der Waals surface area contributed by atoms with Crippen molar-refractivity contribution in [2.45, 2.75) is 64.2 Å². The molecule has 1 aliphatic rings. The second kappa shape index (κ2) is 7.67. The molecule has 22 heavy (non-hydrogen) atoms. The molecule has 0 aliphatic heterocycles. The van der Waals surface area contributed by atoms with E-state index in [2.05, 4.69) is 59.8 Å². The minimum atomic E-state index is 0.645. The topological polar surface area (TPSA) is 13.1 Å². The van der Waals surface area contributed by atoms with Gasteiger partial charge in [0.05, 0.1) is 3.57 Å². The first-order valence-corrected chi connectivity index (χ1v) is 9.75. The van der Waals surface area contributed by atoms with Gasteiger partial charge in [-0.2, -0.15) is 0 Å². The molecule has 0 amide bonds. The number of benzene rings is 1. The number of hydrogen-bond acceptors (Lipinski definition) is 1. The van der Waals surface area contributed by atoms with E-state index >= 15 is 0 Å². The predicted molar refractivity (Wildman–Crippen MR) is 101 cm³/mol. The smallest absolute Gasteiger partial charge is 0.147 e. The SMILES string of the molecule is CCCCc1c(C2CCCCC2)oc(-c2ccccc2)c1I. The van der Waals surface area contributed by atoms with Crippen LogP contribution in [-0.4, -0.2) is 0 Å². The van der Waals surface area contributed by atoms with Gasteiger partial charge in [0.1, 0.15) is 11.5 Å². The third-order valence-corrected chi connectivity index (χ3v) is 5.91. The minimum absolute atomic E-state index is 0.645. The van der Waals surface area contributed by atoms with Gasteiger partial charge in [0.2, 0.25) is 0 Å². The third-order valence-electron chi connectivity index (χ3n) is 4.77. The van der Waals surface area contributed by atoms with Crippen LogP contribution in [0.15, 0.2) is 34.7 Å². The number of rotatable bonds is 5. The fraction of sp³-hybridized carbons (Fsp3) is 0.500. The van der Waals surface area contributed by atoms with Crippen LogP contribution in [0.1, 0.15) is 69.1 Å². The van der Waals surface area contributed by atoms with E-state index in [0.717, 1.165) is 12.2 Å². The fourth-order valence-electron chi connectivity index (χ4n) is 3.52. The van der Waals surface area contributed by atoms with Crippen molar-refractivity contribution in [1.29, 1.82) is 0 Å². The van der Waals surface area contributed by atoms with E-state index in [9.17, 15) is 0 Å². The average Bonchev–Trinajstić information content (AvgIpc) is 2.91. The van der Waals surface area contributed by atoms with Gasteiger partial charge in [0.15, 0.2) is 0 Å². The Hall–Kier alpha value is -0.770. The van der Waals surface area contributed by atoms with E-state index in [-0.39, 0.29) is 0 Å². The van der Waals surface area contributed by atoms with Crippen molar-refractivity contribution in [3.8, 4) is 11.3 Å². The standard InChI is InChI=1S/C20H25IO/c1-2-3-14-17-18(21)20(16-12-8-5-9-13-16)22-19(17)15-10-6-4-7-11-15/h5,8-9,12-13,15H,2-4,6-7,10-11,14H2,1H3. The summed E-state index contributed by atoms with van der Waals surface area (Å²) in [5.74, 6) is 3.04. The number of furan rings is 1. The van der Waals surface area contributed by atoms with Gasteiger partial charge in [-0.15, -0.1) is 0 Å². The number of hydrogen-bond donors (Lipinski definition) is 0. The largest absolute Gasteiger partial charge is 0.459 e. The molecule has 0 unspecified atom stereocenters. The van der Waals surface area contributed by atoms with Crippen LogP contribution in [0.3, 0.4) is 0 Å². The van der Waals surface area contributed by atoms with E-state index < -0.39 is 0 Å². The second-order valence-corrected chi connectivity index (χ2v) is 7.47. The Morgan fingerprint density at radius 1 is 1.09 bits per heavy atom. The zero-order valence-corrected chi connectivity index (χ0v) is 15.6. The van der Waals surface area contributed by atoms with Crippen LogP contribution >= 0.6 is 22.6 Å². The van der Waals surface area contributed by atoms with Crippen LogP contribution < -0.4 is 0 Å². The van der Waals surface area contributed by atoms with Gasteiger partial charge in [-0.25, -0.2) is 0 Å². The van der Waals surface area contributed by atoms with E-state index in [1.165, 1.54) is 65.4 Å². The molecule has 0 atom stereocenters. The average molecular weight is 408 g/mol. The van der Waals surface area contributed by atoms with Crippen molar-refractivity contribution in [2.24, 2.45) is 0 Å². The lowest BCUT2D eigenvalue weighted by Gasteiger charge is -2.20. The van der Waals surface area contributed by atoms with Gasteiger partial charge in [-0.1, -0.05) is 62.9 Å². The van der Waals surface area contributed by atoms with Gasteiger partial charge in [0.25, 0.3) is 0 Å². The lowest BCUT2D eigenvalue weighted by molar-refractivity contribution is 0.375. The summed E-state index contributed by atoms with van der Waals surface area (Å²) in [7, 11) is 0. The maximum atomic E-state index is 6.46.